The van der Waals surface area contributed by atoms with E-state index < -0.39 is 0 Å². The molecule has 4 aliphatic heterocycles. The van der Waals surface area contributed by atoms with Gasteiger partial charge < -0.3 is 9.80 Å². The van der Waals surface area contributed by atoms with Gasteiger partial charge in [-0.3, -0.25) is 0 Å². The van der Waals surface area contributed by atoms with Gasteiger partial charge in [0.1, 0.15) is 0 Å². The molecule has 6 aromatic carbocycles. The van der Waals surface area contributed by atoms with Gasteiger partial charge in [0.05, 0.1) is 17.9 Å². The molecular formula is C43H32BN3. The first-order valence-corrected chi connectivity index (χ1v) is 16.5. The Hall–Kier alpha value is -5.53. The van der Waals surface area contributed by atoms with Crippen LogP contribution in [-0.2, 0) is 10.8 Å². The van der Waals surface area contributed by atoms with Crippen LogP contribution in [0.1, 0.15) is 49.9 Å². The van der Waals surface area contributed by atoms with Gasteiger partial charge in [-0.2, -0.15) is 0 Å². The van der Waals surface area contributed by atoms with Crippen LogP contribution in [0.4, 0.5) is 39.8 Å². The molecule has 0 amide bonds. The summed E-state index contributed by atoms with van der Waals surface area (Å²) in [7, 11) is 0. The van der Waals surface area contributed by atoms with Gasteiger partial charge in [-0.15, -0.1) is 0 Å². The predicted octanol–water partition coefficient (Wildman–Crippen LogP) is 9.27. The van der Waals surface area contributed by atoms with E-state index in [1.807, 2.05) is 18.2 Å². The summed E-state index contributed by atoms with van der Waals surface area (Å²) in [4.78, 5) is 8.90. The highest BCUT2D eigenvalue weighted by Crippen LogP contribution is 2.57. The Morgan fingerprint density at radius 2 is 1.00 bits per heavy atom. The fraction of sp³-hybridized carbons (Fsp3) is 0.140. The van der Waals surface area contributed by atoms with Gasteiger partial charge in [-0.05, 0) is 80.1 Å². The van der Waals surface area contributed by atoms with Gasteiger partial charge in [0.15, 0.2) is 5.69 Å². The number of para-hydroxylation sites is 4. The fourth-order valence-corrected chi connectivity index (χ4v) is 9.21. The first-order valence-electron chi connectivity index (χ1n) is 16.5. The zero-order valence-corrected chi connectivity index (χ0v) is 27.0. The Morgan fingerprint density at radius 3 is 1.53 bits per heavy atom. The molecule has 0 radical (unpaired) electrons. The molecule has 6 aromatic rings. The highest BCUT2D eigenvalue weighted by atomic mass is 15.2. The molecule has 0 spiro atoms. The van der Waals surface area contributed by atoms with Crippen molar-refractivity contribution in [3.8, 4) is 11.1 Å². The zero-order valence-electron chi connectivity index (χ0n) is 27.0. The van der Waals surface area contributed by atoms with Crippen molar-refractivity contribution in [2.75, 3.05) is 9.80 Å². The van der Waals surface area contributed by atoms with Crippen LogP contribution in [0, 0.1) is 6.57 Å². The van der Waals surface area contributed by atoms with Crippen molar-refractivity contribution < 1.29 is 0 Å². The quantitative estimate of drug-likeness (QED) is 0.137. The van der Waals surface area contributed by atoms with E-state index in [4.69, 9.17) is 6.57 Å². The summed E-state index contributed by atoms with van der Waals surface area (Å²) in [6, 6.07) is 44.7. The second-order valence-electron chi connectivity index (χ2n) is 14.5. The minimum absolute atomic E-state index is 0.0863. The Labute approximate surface area is 276 Å². The second-order valence-corrected chi connectivity index (χ2v) is 14.5. The molecule has 0 saturated carbocycles. The highest BCUT2D eigenvalue weighted by Gasteiger charge is 2.50. The van der Waals surface area contributed by atoms with Crippen molar-refractivity contribution in [2.24, 2.45) is 0 Å². The minimum atomic E-state index is -0.155. The number of hydrogen-bond acceptors (Lipinski definition) is 2. The molecule has 0 fully saturated rings. The van der Waals surface area contributed by atoms with Crippen molar-refractivity contribution in [3.05, 3.63) is 155 Å². The third kappa shape index (κ3) is 3.22. The lowest BCUT2D eigenvalue weighted by Crippen LogP contribution is -2.63. The highest BCUT2D eigenvalue weighted by molar-refractivity contribution is 7.00. The summed E-state index contributed by atoms with van der Waals surface area (Å²) in [5.74, 6) is 0. The monoisotopic (exact) mass is 601 g/mol. The SMILES string of the molecule is [C-]#[N+]c1cccc(-c2cc3c4c(c2)N2c5ccccc5C(C)(C)c5cccc(c52)B4c2cccc4c2N3c2ccccc2C4(C)C)c1. The van der Waals surface area contributed by atoms with Crippen molar-refractivity contribution in [3.63, 3.8) is 0 Å². The maximum absolute atomic E-state index is 7.76. The molecule has 4 aliphatic rings. The molecule has 0 saturated heterocycles. The van der Waals surface area contributed by atoms with Crippen LogP contribution in [0.2, 0.25) is 0 Å². The third-order valence-electron chi connectivity index (χ3n) is 11.4. The Kier molecular flexibility index (Phi) is 5.02. The predicted molar refractivity (Wildman–Crippen MR) is 196 cm³/mol. The van der Waals surface area contributed by atoms with E-state index >= 15 is 0 Å². The first-order chi connectivity index (χ1) is 22.8. The third-order valence-corrected chi connectivity index (χ3v) is 11.4. The normalized spacial score (nSPS) is 16.3. The maximum Gasteiger partial charge on any atom is 0.252 e. The van der Waals surface area contributed by atoms with E-state index in [9.17, 15) is 0 Å². The van der Waals surface area contributed by atoms with Crippen LogP contribution in [0.25, 0.3) is 16.0 Å². The molecule has 0 atom stereocenters. The van der Waals surface area contributed by atoms with Crippen LogP contribution >= 0.6 is 0 Å². The average Bonchev–Trinajstić information content (AvgIpc) is 3.10. The molecule has 222 valence electrons. The fourth-order valence-electron chi connectivity index (χ4n) is 9.21. The topological polar surface area (TPSA) is 10.8 Å². The van der Waals surface area contributed by atoms with Gasteiger partial charge in [0.25, 0.3) is 6.71 Å². The number of fused-ring (bicyclic) bond motifs is 8. The molecule has 47 heavy (non-hydrogen) atoms. The number of nitrogens with zero attached hydrogens (tertiary/aromatic N) is 3. The summed E-state index contributed by atoms with van der Waals surface area (Å²) in [5.41, 5.74) is 19.5. The lowest BCUT2D eigenvalue weighted by Gasteiger charge is -2.52. The van der Waals surface area contributed by atoms with E-state index in [2.05, 4.69) is 145 Å². The Balaban J connectivity index is 1.39. The molecule has 0 aromatic heterocycles. The molecular weight excluding hydrogens is 569 g/mol. The van der Waals surface area contributed by atoms with Gasteiger partial charge in [-0.1, -0.05) is 119 Å². The van der Waals surface area contributed by atoms with E-state index in [0.717, 1.165) is 11.1 Å². The standard InChI is InChI=1S/C43H32BN3/c1-42(2)29-15-6-8-21-35(29)46-37-24-27(26-13-10-14-28(23-26)45-5)25-38-39(37)44(33-19-11-17-31(42)40(33)46)34-20-12-18-32-41(34)47(38)36-22-9-7-16-30(36)43(32,3)4/h6-25H,1-4H3. The Bertz CT molecular complexity index is 2280. The summed E-state index contributed by atoms with van der Waals surface area (Å²) < 4.78 is 0. The minimum Gasteiger partial charge on any atom is -0.311 e. The van der Waals surface area contributed by atoms with Gasteiger partial charge in [0.2, 0.25) is 0 Å². The van der Waals surface area contributed by atoms with Gasteiger partial charge in [0, 0.05) is 33.6 Å². The van der Waals surface area contributed by atoms with Crippen LogP contribution < -0.4 is 26.2 Å². The number of anilines is 6. The number of benzene rings is 6. The maximum atomic E-state index is 7.76. The van der Waals surface area contributed by atoms with Crippen LogP contribution in [0.3, 0.4) is 0 Å². The second kappa shape index (κ2) is 8.84. The molecule has 3 nitrogen and oxygen atoms in total. The van der Waals surface area contributed by atoms with E-state index in [1.165, 1.54) is 72.8 Å². The molecule has 4 heterocycles. The van der Waals surface area contributed by atoms with Gasteiger partial charge in [-0.25, -0.2) is 4.85 Å². The van der Waals surface area contributed by atoms with E-state index in [0.29, 0.717) is 5.69 Å². The molecule has 10 rings (SSSR count). The van der Waals surface area contributed by atoms with Gasteiger partial charge >= 0.3 is 0 Å². The average molecular weight is 602 g/mol. The van der Waals surface area contributed by atoms with E-state index in [1.54, 1.807) is 0 Å². The van der Waals surface area contributed by atoms with E-state index in [-0.39, 0.29) is 17.5 Å². The summed E-state index contributed by atoms with van der Waals surface area (Å²) in [6.07, 6.45) is 0. The molecule has 0 aliphatic carbocycles. The van der Waals surface area contributed by atoms with Crippen molar-refractivity contribution >= 4 is 62.9 Å². The smallest absolute Gasteiger partial charge is 0.252 e. The summed E-state index contributed by atoms with van der Waals surface area (Å²) in [5, 5.41) is 0. The molecule has 0 unspecified atom stereocenters. The Morgan fingerprint density at radius 1 is 0.511 bits per heavy atom. The lowest BCUT2D eigenvalue weighted by molar-refractivity contribution is 0.632. The first kappa shape index (κ1) is 26.7. The van der Waals surface area contributed by atoms with Crippen molar-refractivity contribution in [1.29, 1.82) is 0 Å². The zero-order chi connectivity index (χ0) is 31.8. The molecule has 4 heteroatoms. The van der Waals surface area contributed by atoms with Crippen LogP contribution in [0.5, 0.6) is 0 Å². The van der Waals surface area contributed by atoms with Crippen LogP contribution in [0.15, 0.2) is 121 Å². The van der Waals surface area contributed by atoms with Crippen molar-refractivity contribution in [2.45, 2.75) is 38.5 Å². The summed E-state index contributed by atoms with van der Waals surface area (Å²) in [6.45, 7) is 17.3. The van der Waals surface area contributed by atoms with Crippen molar-refractivity contribution in [1.82, 2.24) is 0 Å². The molecule has 0 bridgehead atoms. The number of hydrogen-bond donors (Lipinski definition) is 0. The van der Waals surface area contributed by atoms with Crippen LogP contribution in [-0.4, -0.2) is 6.71 Å². The summed E-state index contributed by atoms with van der Waals surface area (Å²) >= 11 is 0. The largest absolute Gasteiger partial charge is 0.311 e. The molecule has 0 N–H and O–H groups in total. The lowest BCUT2D eigenvalue weighted by atomic mass is 9.32. The number of rotatable bonds is 1.